The average Bonchev–Trinajstić information content (AvgIpc) is 1.63. The van der Waals surface area contributed by atoms with E-state index in [4.69, 9.17) is 4.18 Å². The average molecular weight is 154 g/mol. The molecule has 0 N–H and O–H groups in total. The Kier molecular flexibility index (Phi) is 4.23. The molecule has 0 aliphatic heterocycles. The molecule has 0 heterocycles. The summed E-state index contributed by atoms with van der Waals surface area (Å²) in [4.78, 5) is 0. The second-order valence-electron chi connectivity index (χ2n) is 2.59. The minimum atomic E-state index is -0.863. The summed E-state index contributed by atoms with van der Waals surface area (Å²) in [5.41, 5.74) is 0. The maximum absolute atomic E-state index is 11.5. The molecule has 1 nitrogen and oxygen atoms in total. The summed E-state index contributed by atoms with van der Waals surface area (Å²) >= 11 is 0. The normalized spacial score (nSPS) is 13.8. The number of hydrogen-bond acceptors (Lipinski definition) is 1. The van der Waals surface area contributed by atoms with Crippen LogP contribution < -0.4 is 0 Å². The molecular formula is C6H15FOS. The SMILES string of the molecule is CS(C)(C)OCCCF. The van der Waals surface area contributed by atoms with Crippen LogP contribution >= 0.6 is 10.3 Å². The first-order valence-electron chi connectivity index (χ1n) is 2.95. The minimum absolute atomic E-state index is 0.268. The molecule has 3 heteroatoms. The lowest BCUT2D eigenvalue weighted by Crippen LogP contribution is -2.00. The van der Waals surface area contributed by atoms with E-state index in [1.807, 2.05) is 18.8 Å². The third-order valence-corrected chi connectivity index (χ3v) is 1.59. The lowest BCUT2D eigenvalue weighted by molar-refractivity contribution is 0.323. The fourth-order valence-corrected chi connectivity index (χ4v) is 0.981. The molecule has 0 amide bonds. The van der Waals surface area contributed by atoms with Crippen molar-refractivity contribution in [2.24, 2.45) is 0 Å². The summed E-state index contributed by atoms with van der Waals surface area (Å²) in [5, 5.41) is 0. The lowest BCUT2D eigenvalue weighted by atomic mass is 10.5. The van der Waals surface area contributed by atoms with Crippen LogP contribution in [0.3, 0.4) is 0 Å². The van der Waals surface area contributed by atoms with E-state index in [1.165, 1.54) is 0 Å². The van der Waals surface area contributed by atoms with Crippen LogP contribution in [0.5, 0.6) is 0 Å². The van der Waals surface area contributed by atoms with Gasteiger partial charge in [0.25, 0.3) is 0 Å². The van der Waals surface area contributed by atoms with Gasteiger partial charge in [0.15, 0.2) is 0 Å². The smallest absolute Gasteiger partial charge is 0.0916 e. The first-order valence-corrected chi connectivity index (χ1v) is 5.73. The Hall–Kier alpha value is 0.240. The van der Waals surface area contributed by atoms with Crippen LogP contribution in [0, 0.1) is 0 Å². The third-order valence-electron chi connectivity index (χ3n) is 0.715. The maximum atomic E-state index is 11.5. The molecular weight excluding hydrogens is 139 g/mol. The number of hydrogen-bond donors (Lipinski definition) is 0. The molecule has 0 unspecified atom stereocenters. The zero-order valence-corrected chi connectivity index (χ0v) is 7.13. The van der Waals surface area contributed by atoms with Gasteiger partial charge in [0, 0.05) is 6.42 Å². The molecule has 0 atom stereocenters. The Labute approximate surface area is 58.1 Å². The zero-order valence-electron chi connectivity index (χ0n) is 6.32. The van der Waals surface area contributed by atoms with Crippen LogP contribution in [0.15, 0.2) is 0 Å². The van der Waals surface area contributed by atoms with Crippen molar-refractivity contribution in [2.75, 3.05) is 32.0 Å². The van der Waals surface area contributed by atoms with Gasteiger partial charge >= 0.3 is 0 Å². The molecule has 0 saturated heterocycles. The number of rotatable bonds is 4. The van der Waals surface area contributed by atoms with E-state index in [0.717, 1.165) is 0 Å². The van der Waals surface area contributed by atoms with Gasteiger partial charge in [0.05, 0.1) is 13.3 Å². The van der Waals surface area contributed by atoms with E-state index in [1.54, 1.807) is 0 Å². The van der Waals surface area contributed by atoms with E-state index in [-0.39, 0.29) is 6.67 Å². The van der Waals surface area contributed by atoms with E-state index < -0.39 is 10.3 Å². The Morgan fingerprint density at radius 1 is 1.33 bits per heavy atom. The Morgan fingerprint density at radius 3 is 2.22 bits per heavy atom. The third kappa shape index (κ3) is 8.24. The molecule has 9 heavy (non-hydrogen) atoms. The Bertz CT molecular complexity index is 69.9. The highest BCUT2D eigenvalue weighted by atomic mass is 32.3. The van der Waals surface area contributed by atoms with Crippen LogP contribution in [-0.4, -0.2) is 32.0 Å². The van der Waals surface area contributed by atoms with Crippen LogP contribution in [0.4, 0.5) is 4.39 Å². The van der Waals surface area contributed by atoms with Crippen molar-refractivity contribution in [3.8, 4) is 0 Å². The van der Waals surface area contributed by atoms with Gasteiger partial charge in [-0.1, -0.05) is 0 Å². The fourth-order valence-electron chi connectivity index (χ4n) is 0.363. The van der Waals surface area contributed by atoms with Crippen molar-refractivity contribution in [1.82, 2.24) is 0 Å². The summed E-state index contributed by atoms with van der Waals surface area (Å²) in [6.07, 6.45) is 6.67. The molecule has 0 saturated carbocycles. The minimum Gasteiger partial charge on any atom is -0.337 e. The molecule has 0 aromatic rings. The predicted octanol–water partition coefficient (Wildman–Crippen LogP) is 1.97. The van der Waals surface area contributed by atoms with Crippen molar-refractivity contribution in [3.05, 3.63) is 0 Å². The molecule has 0 fully saturated rings. The summed E-state index contributed by atoms with van der Waals surface area (Å²) < 4.78 is 16.8. The number of halogens is 1. The fraction of sp³-hybridized carbons (Fsp3) is 1.00. The van der Waals surface area contributed by atoms with E-state index in [2.05, 4.69) is 0 Å². The predicted molar refractivity (Wildman–Crippen MR) is 41.9 cm³/mol. The van der Waals surface area contributed by atoms with Crippen LogP contribution in [0.2, 0.25) is 0 Å². The number of alkyl halides is 1. The largest absolute Gasteiger partial charge is 0.337 e. The Morgan fingerprint density at radius 2 is 1.89 bits per heavy atom. The van der Waals surface area contributed by atoms with Crippen LogP contribution in [-0.2, 0) is 4.18 Å². The summed E-state index contributed by atoms with van der Waals surface area (Å²) in [5.74, 6) is 0. The van der Waals surface area contributed by atoms with Gasteiger partial charge in [0.1, 0.15) is 0 Å². The highest BCUT2D eigenvalue weighted by molar-refractivity contribution is 8.28. The second kappa shape index (κ2) is 4.12. The Balaban J connectivity index is 3.07. The van der Waals surface area contributed by atoms with Gasteiger partial charge in [0.2, 0.25) is 0 Å². The van der Waals surface area contributed by atoms with Gasteiger partial charge in [-0.15, -0.1) is 10.3 Å². The quantitative estimate of drug-likeness (QED) is 0.562. The van der Waals surface area contributed by atoms with Crippen molar-refractivity contribution < 1.29 is 8.57 Å². The van der Waals surface area contributed by atoms with Crippen molar-refractivity contribution in [1.29, 1.82) is 0 Å². The zero-order chi connectivity index (χ0) is 7.33. The summed E-state index contributed by atoms with van der Waals surface area (Å²) in [7, 11) is -0.863. The van der Waals surface area contributed by atoms with Crippen molar-refractivity contribution in [2.45, 2.75) is 6.42 Å². The maximum Gasteiger partial charge on any atom is 0.0916 e. The first kappa shape index (κ1) is 9.24. The molecule has 0 bridgehead atoms. The molecule has 58 valence electrons. The van der Waals surface area contributed by atoms with Gasteiger partial charge < -0.3 is 4.18 Å². The van der Waals surface area contributed by atoms with Gasteiger partial charge in [-0.2, -0.15) is 0 Å². The van der Waals surface area contributed by atoms with Crippen LogP contribution in [0.25, 0.3) is 0 Å². The topological polar surface area (TPSA) is 9.23 Å². The summed E-state index contributed by atoms with van der Waals surface area (Å²) in [6, 6.07) is 0. The molecule has 0 rings (SSSR count). The molecule has 0 aliphatic rings. The van der Waals surface area contributed by atoms with Gasteiger partial charge in [-0.3, -0.25) is 4.39 Å². The molecule has 0 aromatic carbocycles. The van der Waals surface area contributed by atoms with Crippen LogP contribution in [0.1, 0.15) is 6.42 Å². The van der Waals surface area contributed by atoms with E-state index in [9.17, 15) is 4.39 Å². The highest BCUT2D eigenvalue weighted by Gasteiger charge is 2.01. The molecule has 0 radical (unpaired) electrons. The molecule has 0 aliphatic carbocycles. The lowest BCUT2D eigenvalue weighted by Gasteiger charge is -2.24. The first-order chi connectivity index (χ1) is 4.06. The molecule has 0 aromatic heterocycles. The van der Waals surface area contributed by atoms with E-state index in [0.29, 0.717) is 13.0 Å². The van der Waals surface area contributed by atoms with Gasteiger partial charge in [-0.25, -0.2) is 0 Å². The second-order valence-corrected chi connectivity index (χ2v) is 6.27. The highest BCUT2D eigenvalue weighted by Crippen LogP contribution is 2.35. The molecule has 0 spiro atoms. The van der Waals surface area contributed by atoms with Crippen molar-refractivity contribution >= 4 is 10.3 Å². The van der Waals surface area contributed by atoms with Gasteiger partial charge in [-0.05, 0) is 18.8 Å². The monoisotopic (exact) mass is 154 g/mol. The van der Waals surface area contributed by atoms with Crippen molar-refractivity contribution in [3.63, 3.8) is 0 Å². The van der Waals surface area contributed by atoms with E-state index >= 15 is 0 Å². The summed E-state index contributed by atoms with van der Waals surface area (Å²) in [6.45, 7) is 0.296. The standard InChI is InChI=1S/C6H15FOS/c1-9(2,3)8-6-4-5-7/h4-6H2,1-3H3.